The molecule has 0 bridgehead atoms. The fourth-order valence-corrected chi connectivity index (χ4v) is 2.06. The minimum Gasteiger partial charge on any atom is -0.398 e. The first kappa shape index (κ1) is 13.4. The molecule has 1 amide bonds. The van der Waals surface area contributed by atoms with Gasteiger partial charge in [0.2, 0.25) is 0 Å². The van der Waals surface area contributed by atoms with Crippen molar-refractivity contribution in [3.05, 3.63) is 64.7 Å². The predicted molar refractivity (Wildman–Crippen MR) is 78.1 cm³/mol. The second-order valence-electron chi connectivity index (χ2n) is 4.34. The van der Waals surface area contributed by atoms with Crippen LogP contribution in [0.4, 0.5) is 5.69 Å². The summed E-state index contributed by atoms with van der Waals surface area (Å²) in [7, 11) is 1.73. The van der Waals surface area contributed by atoms with Crippen LogP contribution in [0, 0.1) is 0 Å². The summed E-state index contributed by atoms with van der Waals surface area (Å²) in [5.41, 5.74) is 7.98. The van der Waals surface area contributed by atoms with Gasteiger partial charge in [-0.3, -0.25) is 4.79 Å². The van der Waals surface area contributed by atoms with Gasteiger partial charge in [-0.25, -0.2) is 0 Å². The molecule has 0 atom stereocenters. The monoisotopic (exact) mass is 274 g/mol. The molecule has 98 valence electrons. The van der Waals surface area contributed by atoms with Crippen LogP contribution in [0.25, 0.3) is 0 Å². The van der Waals surface area contributed by atoms with Gasteiger partial charge in [-0.2, -0.15) is 0 Å². The Morgan fingerprint density at radius 3 is 2.47 bits per heavy atom. The third-order valence-electron chi connectivity index (χ3n) is 2.91. The van der Waals surface area contributed by atoms with Crippen LogP contribution in [0.5, 0.6) is 0 Å². The largest absolute Gasteiger partial charge is 0.398 e. The third kappa shape index (κ3) is 3.06. The summed E-state index contributed by atoms with van der Waals surface area (Å²) >= 11 is 6.03. The highest BCUT2D eigenvalue weighted by molar-refractivity contribution is 6.33. The molecule has 4 heteroatoms. The Bertz CT molecular complexity index is 598. The molecule has 0 unspecified atom stereocenters. The van der Waals surface area contributed by atoms with E-state index < -0.39 is 0 Å². The maximum absolute atomic E-state index is 12.3. The molecule has 0 spiro atoms. The van der Waals surface area contributed by atoms with Gasteiger partial charge in [0.25, 0.3) is 5.91 Å². The Hall–Kier alpha value is -2.00. The first-order valence-corrected chi connectivity index (χ1v) is 6.31. The van der Waals surface area contributed by atoms with Crippen LogP contribution in [0.2, 0.25) is 5.02 Å². The molecule has 0 aromatic heterocycles. The lowest BCUT2D eigenvalue weighted by atomic mass is 10.1. The van der Waals surface area contributed by atoms with Crippen LogP contribution >= 0.6 is 11.6 Å². The first-order chi connectivity index (χ1) is 9.09. The molecular weight excluding hydrogens is 260 g/mol. The number of rotatable bonds is 3. The Morgan fingerprint density at radius 2 is 1.79 bits per heavy atom. The van der Waals surface area contributed by atoms with Crippen molar-refractivity contribution in [2.75, 3.05) is 12.8 Å². The minimum absolute atomic E-state index is 0.117. The molecule has 0 saturated heterocycles. The van der Waals surface area contributed by atoms with Gasteiger partial charge in [0.15, 0.2) is 0 Å². The summed E-state index contributed by atoms with van der Waals surface area (Å²) in [6.07, 6.45) is 0. The fourth-order valence-electron chi connectivity index (χ4n) is 1.85. The zero-order chi connectivity index (χ0) is 13.8. The number of carbonyl (C=O) groups excluding carboxylic acids is 1. The molecule has 0 aliphatic rings. The quantitative estimate of drug-likeness (QED) is 0.874. The van der Waals surface area contributed by atoms with E-state index in [2.05, 4.69) is 0 Å². The molecule has 2 aromatic rings. The van der Waals surface area contributed by atoms with E-state index >= 15 is 0 Å². The van der Waals surface area contributed by atoms with Crippen LogP contribution in [-0.2, 0) is 6.54 Å². The van der Waals surface area contributed by atoms with Crippen LogP contribution in [0.15, 0.2) is 48.5 Å². The molecule has 0 fully saturated rings. The number of nitrogen functional groups attached to an aromatic ring is 1. The van der Waals surface area contributed by atoms with Gasteiger partial charge < -0.3 is 10.6 Å². The number of carbonyl (C=O) groups is 1. The number of hydrogen-bond donors (Lipinski definition) is 1. The molecule has 0 heterocycles. The van der Waals surface area contributed by atoms with Crippen molar-refractivity contribution in [1.29, 1.82) is 0 Å². The highest BCUT2D eigenvalue weighted by atomic mass is 35.5. The van der Waals surface area contributed by atoms with Gasteiger partial charge >= 0.3 is 0 Å². The maximum atomic E-state index is 12.3. The van der Waals surface area contributed by atoms with Crippen molar-refractivity contribution in [3.63, 3.8) is 0 Å². The molecule has 2 aromatic carbocycles. The van der Waals surface area contributed by atoms with Crippen molar-refractivity contribution in [2.45, 2.75) is 6.54 Å². The Labute approximate surface area is 117 Å². The smallest absolute Gasteiger partial charge is 0.255 e. The number of benzene rings is 2. The van der Waals surface area contributed by atoms with Gasteiger partial charge in [0.1, 0.15) is 0 Å². The number of anilines is 1. The molecular formula is C15H15ClN2O. The van der Waals surface area contributed by atoms with E-state index in [0.717, 1.165) is 5.56 Å². The van der Waals surface area contributed by atoms with Crippen molar-refractivity contribution >= 4 is 23.2 Å². The van der Waals surface area contributed by atoms with Gasteiger partial charge in [-0.15, -0.1) is 0 Å². The molecule has 2 N–H and O–H groups in total. The number of nitrogens with zero attached hydrogens (tertiary/aromatic N) is 1. The number of para-hydroxylation sites is 1. The molecule has 0 saturated carbocycles. The molecule has 0 radical (unpaired) electrons. The van der Waals surface area contributed by atoms with Crippen molar-refractivity contribution < 1.29 is 4.79 Å². The van der Waals surface area contributed by atoms with E-state index in [1.54, 1.807) is 36.2 Å². The summed E-state index contributed by atoms with van der Waals surface area (Å²) in [6.45, 7) is 0.455. The van der Waals surface area contributed by atoms with Crippen LogP contribution in [0.1, 0.15) is 15.9 Å². The zero-order valence-electron chi connectivity index (χ0n) is 10.6. The van der Waals surface area contributed by atoms with Crippen LogP contribution in [-0.4, -0.2) is 17.9 Å². The summed E-state index contributed by atoms with van der Waals surface area (Å²) in [5.74, 6) is -0.117. The second kappa shape index (κ2) is 5.76. The van der Waals surface area contributed by atoms with Gasteiger partial charge in [0, 0.05) is 19.3 Å². The average Bonchev–Trinajstić information content (AvgIpc) is 2.41. The van der Waals surface area contributed by atoms with E-state index in [0.29, 0.717) is 22.8 Å². The molecule has 3 nitrogen and oxygen atoms in total. The van der Waals surface area contributed by atoms with E-state index in [9.17, 15) is 4.79 Å². The molecule has 0 aliphatic heterocycles. The zero-order valence-corrected chi connectivity index (χ0v) is 11.4. The topological polar surface area (TPSA) is 46.3 Å². The SMILES string of the molecule is CN(Cc1ccccc1N)C(=O)c1ccccc1Cl. The second-order valence-corrected chi connectivity index (χ2v) is 4.75. The van der Waals surface area contributed by atoms with Crippen LogP contribution in [0.3, 0.4) is 0 Å². The van der Waals surface area contributed by atoms with E-state index in [-0.39, 0.29) is 5.91 Å². The number of amides is 1. The third-order valence-corrected chi connectivity index (χ3v) is 3.24. The Kier molecular flexibility index (Phi) is 4.07. The summed E-state index contributed by atoms with van der Waals surface area (Å²) in [5, 5.41) is 0.459. The lowest BCUT2D eigenvalue weighted by molar-refractivity contribution is 0.0785. The Balaban J connectivity index is 2.17. The van der Waals surface area contributed by atoms with Gasteiger partial charge in [0.05, 0.1) is 10.6 Å². The lowest BCUT2D eigenvalue weighted by Gasteiger charge is -2.19. The Morgan fingerprint density at radius 1 is 1.16 bits per heavy atom. The summed E-state index contributed by atoms with van der Waals surface area (Å²) in [4.78, 5) is 13.9. The lowest BCUT2D eigenvalue weighted by Crippen LogP contribution is -2.26. The number of hydrogen-bond acceptors (Lipinski definition) is 2. The molecule has 0 aliphatic carbocycles. The average molecular weight is 275 g/mol. The summed E-state index contributed by atoms with van der Waals surface area (Å²) < 4.78 is 0. The van der Waals surface area contributed by atoms with Gasteiger partial charge in [-0.05, 0) is 23.8 Å². The first-order valence-electron chi connectivity index (χ1n) is 5.93. The highest BCUT2D eigenvalue weighted by Crippen LogP contribution is 2.19. The van der Waals surface area contributed by atoms with Gasteiger partial charge in [-0.1, -0.05) is 41.9 Å². The summed E-state index contributed by atoms with van der Waals surface area (Å²) in [6, 6.07) is 14.5. The fraction of sp³-hybridized carbons (Fsp3) is 0.133. The van der Waals surface area contributed by atoms with E-state index in [4.69, 9.17) is 17.3 Å². The highest BCUT2D eigenvalue weighted by Gasteiger charge is 2.15. The molecule has 2 rings (SSSR count). The predicted octanol–water partition coefficient (Wildman–Crippen LogP) is 3.19. The minimum atomic E-state index is -0.117. The van der Waals surface area contributed by atoms with Crippen molar-refractivity contribution in [2.24, 2.45) is 0 Å². The number of halogens is 1. The standard InChI is InChI=1S/C15H15ClN2O/c1-18(10-11-6-2-5-9-14(11)17)15(19)12-7-3-4-8-13(12)16/h2-9H,10,17H2,1H3. The van der Waals surface area contributed by atoms with Crippen molar-refractivity contribution in [3.8, 4) is 0 Å². The number of nitrogens with two attached hydrogens (primary N) is 1. The van der Waals surface area contributed by atoms with E-state index in [1.807, 2.05) is 24.3 Å². The molecule has 19 heavy (non-hydrogen) atoms. The van der Waals surface area contributed by atoms with Crippen molar-refractivity contribution in [1.82, 2.24) is 4.90 Å². The normalized spacial score (nSPS) is 10.2. The maximum Gasteiger partial charge on any atom is 0.255 e. The van der Waals surface area contributed by atoms with E-state index in [1.165, 1.54) is 0 Å². The van der Waals surface area contributed by atoms with Crippen LogP contribution < -0.4 is 5.73 Å².